The van der Waals surface area contributed by atoms with E-state index in [-0.39, 0.29) is 12.5 Å². The molecule has 6 heteroatoms. The van der Waals surface area contributed by atoms with Gasteiger partial charge in [-0.3, -0.25) is 4.79 Å². The van der Waals surface area contributed by atoms with Crippen LogP contribution in [0, 0.1) is 0 Å². The quantitative estimate of drug-likeness (QED) is 0.794. The van der Waals surface area contributed by atoms with Gasteiger partial charge in [-0.25, -0.2) is 0 Å². The zero-order valence-electron chi connectivity index (χ0n) is 13.2. The Morgan fingerprint density at radius 1 is 1.41 bits per heavy atom. The number of carbonyl (C=O) groups excluding carboxylic acids is 1. The summed E-state index contributed by atoms with van der Waals surface area (Å²) in [7, 11) is 1.86. The molecule has 6 nitrogen and oxygen atoms in total. The van der Waals surface area contributed by atoms with E-state index in [1.54, 1.807) is 6.92 Å². The summed E-state index contributed by atoms with van der Waals surface area (Å²) < 4.78 is 7.67. The van der Waals surface area contributed by atoms with Crippen LogP contribution < -0.4 is 0 Å². The number of aromatic nitrogens is 1. The van der Waals surface area contributed by atoms with E-state index in [2.05, 4.69) is 0 Å². The first kappa shape index (κ1) is 15.5. The van der Waals surface area contributed by atoms with Crippen LogP contribution in [0.3, 0.4) is 0 Å². The fraction of sp³-hybridized carbons (Fsp3) is 0.688. The van der Waals surface area contributed by atoms with E-state index in [0.29, 0.717) is 38.0 Å². The number of aliphatic hydroxyl groups excluding tert-OH is 1. The van der Waals surface area contributed by atoms with Crippen LogP contribution in [0.5, 0.6) is 0 Å². The summed E-state index contributed by atoms with van der Waals surface area (Å²) >= 11 is 0. The molecule has 22 heavy (non-hydrogen) atoms. The molecule has 3 rings (SSSR count). The van der Waals surface area contributed by atoms with Crippen molar-refractivity contribution in [3.63, 3.8) is 0 Å². The largest absolute Gasteiger partial charge is 0.388 e. The molecule has 2 atom stereocenters. The molecule has 0 unspecified atom stereocenters. The highest BCUT2D eigenvalue weighted by Gasteiger charge is 2.49. The Labute approximate surface area is 130 Å². The molecule has 0 radical (unpaired) electrons. The average molecular weight is 308 g/mol. The van der Waals surface area contributed by atoms with Gasteiger partial charge in [0.15, 0.2) is 0 Å². The molecule has 2 N–H and O–H groups in total. The van der Waals surface area contributed by atoms with Gasteiger partial charge in [0, 0.05) is 32.8 Å². The molecular formula is C16H24N2O4. The van der Waals surface area contributed by atoms with E-state index >= 15 is 0 Å². The van der Waals surface area contributed by atoms with Crippen molar-refractivity contribution in [2.75, 3.05) is 19.7 Å². The van der Waals surface area contributed by atoms with E-state index in [9.17, 15) is 15.0 Å². The van der Waals surface area contributed by atoms with Crippen molar-refractivity contribution in [2.24, 2.45) is 7.05 Å². The maximum atomic E-state index is 12.5. The van der Waals surface area contributed by atoms with Gasteiger partial charge in [-0.15, -0.1) is 0 Å². The first-order chi connectivity index (χ1) is 10.3. The van der Waals surface area contributed by atoms with E-state index in [0.717, 1.165) is 0 Å². The lowest BCUT2D eigenvalue weighted by molar-refractivity contribution is -0.221. The monoisotopic (exact) mass is 308 g/mol. The molecule has 3 heterocycles. The number of hydrogen-bond acceptors (Lipinski definition) is 4. The van der Waals surface area contributed by atoms with Crippen molar-refractivity contribution in [2.45, 2.75) is 43.5 Å². The van der Waals surface area contributed by atoms with Gasteiger partial charge in [-0.1, -0.05) is 0 Å². The van der Waals surface area contributed by atoms with Gasteiger partial charge in [0.2, 0.25) is 0 Å². The highest BCUT2D eigenvalue weighted by molar-refractivity contribution is 5.92. The summed E-state index contributed by atoms with van der Waals surface area (Å²) in [4.78, 5) is 14.3. The number of hydrogen-bond donors (Lipinski definition) is 2. The number of rotatable bonds is 1. The molecule has 122 valence electrons. The van der Waals surface area contributed by atoms with E-state index in [4.69, 9.17) is 4.74 Å². The molecule has 1 aromatic rings. The highest BCUT2D eigenvalue weighted by Crippen LogP contribution is 2.39. The van der Waals surface area contributed by atoms with Gasteiger partial charge >= 0.3 is 0 Å². The van der Waals surface area contributed by atoms with Crippen LogP contribution in [0.1, 0.15) is 36.7 Å². The number of nitrogens with zero attached hydrogens (tertiary/aromatic N) is 2. The smallest absolute Gasteiger partial charge is 0.270 e. The number of aliphatic hydroxyl groups is 2. The lowest BCUT2D eigenvalue weighted by Crippen LogP contribution is -2.59. The third kappa shape index (κ3) is 2.66. The fourth-order valence-corrected chi connectivity index (χ4v) is 3.54. The Bertz CT molecular complexity index is 558. The van der Waals surface area contributed by atoms with Crippen molar-refractivity contribution in [1.82, 2.24) is 9.47 Å². The molecule has 2 aliphatic rings. The zero-order valence-corrected chi connectivity index (χ0v) is 13.2. The van der Waals surface area contributed by atoms with Crippen molar-refractivity contribution < 1.29 is 19.7 Å². The van der Waals surface area contributed by atoms with Gasteiger partial charge in [0.1, 0.15) is 11.8 Å². The van der Waals surface area contributed by atoms with Gasteiger partial charge in [0.25, 0.3) is 5.91 Å². The van der Waals surface area contributed by atoms with Gasteiger partial charge in [0.05, 0.1) is 17.8 Å². The number of carbonyl (C=O) groups is 1. The van der Waals surface area contributed by atoms with E-state index in [1.165, 1.54) is 0 Å². The second kappa shape index (κ2) is 5.37. The van der Waals surface area contributed by atoms with Crippen molar-refractivity contribution >= 4 is 5.91 Å². The molecule has 1 aromatic heterocycles. The molecular weight excluding hydrogens is 284 g/mol. The van der Waals surface area contributed by atoms with Crippen LogP contribution in [0.4, 0.5) is 0 Å². The number of ether oxygens (including phenoxy) is 1. The summed E-state index contributed by atoms with van der Waals surface area (Å²) in [6.07, 6.45) is 2.80. The number of amides is 1. The Balaban J connectivity index is 1.66. The molecule has 0 aliphatic carbocycles. The minimum atomic E-state index is -1.12. The highest BCUT2D eigenvalue weighted by atomic mass is 16.5. The lowest BCUT2D eigenvalue weighted by atomic mass is 9.76. The number of aryl methyl sites for hydroxylation is 1. The summed E-state index contributed by atoms with van der Waals surface area (Å²) in [5, 5.41) is 20.1. The molecule has 0 saturated carbocycles. The minimum Gasteiger partial charge on any atom is -0.388 e. The van der Waals surface area contributed by atoms with Gasteiger partial charge < -0.3 is 24.4 Å². The molecule has 0 bridgehead atoms. The zero-order chi connectivity index (χ0) is 16.0. The lowest BCUT2D eigenvalue weighted by Gasteiger charge is -2.49. The second-order valence-electron chi connectivity index (χ2n) is 6.84. The topological polar surface area (TPSA) is 74.9 Å². The Hall–Kier alpha value is -1.37. The maximum Gasteiger partial charge on any atom is 0.270 e. The average Bonchev–Trinajstić information content (AvgIpc) is 2.89. The molecule has 0 aromatic carbocycles. The molecule has 1 amide bonds. The van der Waals surface area contributed by atoms with Gasteiger partial charge in [-0.05, 0) is 31.9 Å². The maximum absolute atomic E-state index is 12.5. The summed E-state index contributed by atoms with van der Waals surface area (Å²) in [5.41, 5.74) is -0.862. The standard InChI is InChI=1S/C16H24N2O4/c1-15(21)11-16(22-10-13(15)19)5-8-18(9-6-16)14(20)12-4-3-7-17(12)2/h3-4,7,13,19,21H,5-6,8-11H2,1-2H3/t13-,15-/m0/s1. The van der Waals surface area contributed by atoms with Crippen LogP contribution in [0.15, 0.2) is 18.3 Å². The van der Waals surface area contributed by atoms with E-state index in [1.807, 2.05) is 34.8 Å². The van der Waals surface area contributed by atoms with Crippen molar-refractivity contribution in [3.05, 3.63) is 24.0 Å². The third-order valence-corrected chi connectivity index (χ3v) is 5.07. The van der Waals surface area contributed by atoms with Crippen LogP contribution in [-0.2, 0) is 11.8 Å². The summed E-state index contributed by atoms with van der Waals surface area (Å²) in [6.45, 7) is 3.02. The SMILES string of the molecule is Cn1cccc1C(=O)N1CCC2(CC1)C[C@](C)(O)[C@@H](O)CO2. The predicted octanol–water partition coefficient (Wildman–Crippen LogP) is 0.532. The molecule has 1 spiro atoms. The fourth-order valence-electron chi connectivity index (χ4n) is 3.54. The Kier molecular flexibility index (Phi) is 3.79. The van der Waals surface area contributed by atoms with Crippen LogP contribution in [0.2, 0.25) is 0 Å². The van der Waals surface area contributed by atoms with E-state index < -0.39 is 17.3 Å². The number of piperidine rings is 1. The predicted molar refractivity (Wildman–Crippen MR) is 80.5 cm³/mol. The van der Waals surface area contributed by atoms with Crippen LogP contribution in [-0.4, -0.2) is 62.6 Å². The molecule has 2 fully saturated rings. The summed E-state index contributed by atoms with van der Waals surface area (Å²) in [6, 6.07) is 3.69. The Morgan fingerprint density at radius 2 is 2.09 bits per heavy atom. The first-order valence-corrected chi connectivity index (χ1v) is 7.78. The normalized spacial score (nSPS) is 31.5. The third-order valence-electron chi connectivity index (χ3n) is 5.07. The van der Waals surface area contributed by atoms with Crippen LogP contribution >= 0.6 is 0 Å². The Morgan fingerprint density at radius 3 is 2.64 bits per heavy atom. The van der Waals surface area contributed by atoms with Gasteiger partial charge in [-0.2, -0.15) is 0 Å². The summed E-state index contributed by atoms with van der Waals surface area (Å²) in [5.74, 6) is 0.0324. The first-order valence-electron chi connectivity index (χ1n) is 7.78. The second-order valence-corrected chi connectivity index (χ2v) is 6.84. The molecule has 2 aliphatic heterocycles. The minimum absolute atomic E-state index is 0.0324. The molecule has 2 saturated heterocycles. The number of likely N-dealkylation sites (tertiary alicyclic amines) is 1. The van der Waals surface area contributed by atoms with Crippen molar-refractivity contribution in [1.29, 1.82) is 0 Å². The van der Waals surface area contributed by atoms with Crippen molar-refractivity contribution in [3.8, 4) is 0 Å². The van der Waals surface area contributed by atoms with Crippen LogP contribution in [0.25, 0.3) is 0 Å².